The van der Waals surface area contributed by atoms with Crippen LogP contribution in [0.1, 0.15) is 31.2 Å². The van der Waals surface area contributed by atoms with E-state index in [1.54, 1.807) is 0 Å². The summed E-state index contributed by atoms with van der Waals surface area (Å²) in [6, 6.07) is 8.04. The number of carbonyl (C=O) groups excluding carboxylic acids is 1. The molecule has 3 rings (SSSR count). The minimum Gasteiger partial charge on any atom is -0.379 e. The Labute approximate surface area is 163 Å². The first-order valence-corrected chi connectivity index (χ1v) is 10.3. The summed E-state index contributed by atoms with van der Waals surface area (Å²) in [5.41, 5.74) is 2.07. The van der Waals surface area contributed by atoms with Gasteiger partial charge < -0.3 is 15.0 Å². The predicted octanol–water partition coefficient (Wildman–Crippen LogP) is 3.91. The van der Waals surface area contributed by atoms with Crippen LogP contribution < -0.4 is 5.32 Å². The largest absolute Gasteiger partial charge is 0.379 e. The second-order valence-electron chi connectivity index (χ2n) is 7.70. The second-order valence-corrected chi connectivity index (χ2v) is 7.70. The highest BCUT2D eigenvalue weighted by atomic mass is 16.5. The second kappa shape index (κ2) is 10.5. The van der Waals surface area contributed by atoms with E-state index in [0.717, 1.165) is 70.9 Å². The number of hydrogen-bond donors (Lipinski definition) is 1. The molecule has 27 heavy (non-hydrogen) atoms. The molecule has 1 saturated heterocycles. The number of hydrogen-bond acceptors (Lipinski definition) is 3. The Morgan fingerprint density at radius 2 is 2.00 bits per heavy atom. The third-order valence-corrected chi connectivity index (χ3v) is 5.45. The Morgan fingerprint density at radius 1 is 1.22 bits per heavy atom. The van der Waals surface area contributed by atoms with Crippen molar-refractivity contribution < 1.29 is 9.53 Å². The molecule has 1 aromatic rings. The Bertz CT molecular complexity index is 608. The molecule has 5 heteroatoms. The maximum atomic E-state index is 12.9. The molecule has 0 radical (unpaired) electrons. The number of morpholine rings is 1. The van der Waals surface area contributed by atoms with Crippen molar-refractivity contribution in [2.24, 2.45) is 5.92 Å². The molecule has 1 atom stereocenters. The number of carbonyl (C=O) groups is 1. The smallest absolute Gasteiger partial charge is 0.321 e. The normalized spacial score (nSPS) is 20.4. The third-order valence-electron chi connectivity index (χ3n) is 5.45. The lowest BCUT2D eigenvalue weighted by atomic mass is 9.94. The topological polar surface area (TPSA) is 44.8 Å². The van der Waals surface area contributed by atoms with E-state index in [4.69, 9.17) is 4.74 Å². The number of aryl methyl sites for hydroxylation is 1. The average Bonchev–Trinajstić information content (AvgIpc) is 2.70. The molecular formula is C22H33N3O2. The molecule has 2 amide bonds. The number of nitrogens with one attached hydrogen (secondary N) is 1. The van der Waals surface area contributed by atoms with Crippen molar-refractivity contribution in [2.45, 2.75) is 32.6 Å². The van der Waals surface area contributed by atoms with Crippen molar-refractivity contribution in [3.05, 3.63) is 42.0 Å². The Balaban J connectivity index is 1.54. The molecule has 5 nitrogen and oxygen atoms in total. The van der Waals surface area contributed by atoms with Crippen LogP contribution >= 0.6 is 0 Å². The lowest BCUT2D eigenvalue weighted by molar-refractivity contribution is 0.0364. The van der Waals surface area contributed by atoms with E-state index >= 15 is 0 Å². The van der Waals surface area contributed by atoms with Gasteiger partial charge in [-0.25, -0.2) is 4.79 Å². The minimum absolute atomic E-state index is 0.0235. The van der Waals surface area contributed by atoms with E-state index in [-0.39, 0.29) is 6.03 Å². The van der Waals surface area contributed by atoms with Crippen molar-refractivity contribution in [3.63, 3.8) is 0 Å². The SMILES string of the molecule is Cc1ccc(NC(=O)N(CCCN2CCOCC2)CC2CC=CCC2)cc1. The van der Waals surface area contributed by atoms with Crippen LogP contribution in [0.5, 0.6) is 0 Å². The van der Waals surface area contributed by atoms with Crippen LogP contribution in [0.25, 0.3) is 0 Å². The number of allylic oxidation sites excluding steroid dienone is 2. The van der Waals surface area contributed by atoms with Crippen LogP contribution in [0.3, 0.4) is 0 Å². The zero-order valence-electron chi connectivity index (χ0n) is 16.5. The number of urea groups is 1. The molecular weight excluding hydrogens is 338 g/mol. The maximum absolute atomic E-state index is 12.9. The molecule has 1 aliphatic carbocycles. The number of benzene rings is 1. The third kappa shape index (κ3) is 6.67. The van der Waals surface area contributed by atoms with E-state index in [9.17, 15) is 4.79 Å². The van der Waals surface area contributed by atoms with Gasteiger partial charge in [-0.05, 0) is 50.7 Å². The zero-order valence-corrected chi connectivity index (χ0v) is 16.5. The van der Waals surface area contributed by atoms with Crippen molar-refractivity contribution in [1.82, 2.24) is 9.80 Å². The number of nitrogens with zero attached hydrogens (tertiary/aromatic N) is 2. The fraction of sp³-hybridized carbons (Fsp3) is 0.591. The monoisotopic (exact) mass is 371 g/mol. The highest BCUT2D eigenvalue weighted by molar-refractivity contribution is 5.89. The molecule has 1 aromatic carbocycles. The molecule has 2 aliphatic rings. The van der Waals surface area contributed by atoms with Gasteiger partial charge >= 0.3 is 6.03 Å². The van der Waals surface area contributed by atoms with Crippen LogP contribution in [0.4, 0.5) is 10.5 Å². The Morgan fingerprint density at radius 3 is 2.70 bits per heavy atom. The Hall–Kier alpha value is -1.85. The highest BCUT2D eigenvalue weighted by Gasteiger charge is 2.20. The average molecular weight is 372 g/mol. The van der Waals surface area contributed by atoms with E-state index in [1.807, 2.05) is 29.2 Å². The lowest BCUT2D eigenvalue weighted by Gasteiger charge is -2.30. The van der Waals surface area contributed by atoms with Gasteiger partial charge in [0.1, 0.15) is 0 Å². The summed E-state index contributed by atoms with van der Waals surface area (Å²) < 4.78 is 5.42. The van der Waals surface area contributed by atoms with Gasteiger partial charge in [-0.2, -0.15) is 0 Å². The van der Waals surface area contributed by atoms with Crippen molar-refractivity contribution >= 4 is 11.7 Å². The van der Waals surface area contributed by atoms with Crippen molar-refractivity contribution in [3.8, 4) is 0 Å². The zero-order chi connectivity index (χ0) is 18.9. The van der Waals surface area contributed by atoms with Gasteiger partial charge in [0.15, 0.2) is 0 Å². The van der Waals surface area contributed by atoms with Gasteiger partial charge in [-0.1, -0.05) is 29.8 Å². The van der Waals surface area contributed by atoms with Gasteiger partial charge in [0.2, 0.25) is 0 Å². The van der Waals surface area contributed by atoms with Gasteiger partial charge in [-0.3, -0.25) is 4.90 Å². The van der Waals surface area contributed by atoms with E-state index < -0.39 is 0 Å². The summed E-state index contributed by atoms with van der Waals surface area (Å²) in [6.07, 6.45) is 8.91. The molecule has 1 N–H and O–H groups in total. The number of anilines is 1. The summed E-state index contributed by atoms with van der Waals surface area (Å²) >= 11 is 0. The quantitative estimate of drug-likeness (QED) is 0.739. The summed E-state index contributed by atoms with van der Waals surface area (Å²) in [5.74, 6) is 0.571. The molecule has 1 heterocycles. The molecule has 0 saturated carbocycles. The van der Waals surface area contributed by atoms with Crippen LogP contribution in [-0.4, -0.2) is 61.8 Å². The summed E-state index contributed by atoms with van der Waals surface area (Å²) in [4.78, 5) is 17.4. The van der Waals surface area contributed by atoms with E-state index in [1.165, 1.54) is 12.0 Å². The van der Waals surface area contributed by atoms with Crippen LogP contribution in [0.15, 0.2) is 36.4 Å². The predicted molar refractivity (Wildman–Crippen MR) is 110 cm³/mol. The van der Waals surface area contributed by atoms with Crippen molar-refractivity contribution in [1.29, 1.82) is 0 Å². The van der Waals surface area contributed by atoms with Crippen molar-refractivity contribution in [2.75, 3.05) is 51.3 Å². The first-order chi connectivity index (χ1) is 13.2. The van der Waals surface area contributed by atoms with Gasteiger partial charge in [-0.15, -0.1) is 0 Å². The summed E-state index contributed by atoms with van der Waals surface area (Å²) in [7, 11) is 0. The Kier molecular flexibility index (Phi) is 7.72. The summed E-state index contributed by atoms with van der Waals surface area (Å²) in [5, 5.41) is 3.08. The molecule has 0 bridgehead atoms. The minimum atomic E-state index is 0.0235. The van der Waals surface area contributed by atoms with Gasteiger partial charge in [0.05, 0.1) is 13.2 Å². The first-order valence-electron chi connectivity index (χ1n) is 10.3. The van der Waals surface area contributed by atoms with Gasteiger partial charge in [0, 0.05) is 38.4 Å². The maximum Gasteiger partial charge on any atom is 0.321 e. The van der Waals surface area contributed by atoms with Crippen LogP contribution in [-0.2, 0) is 4.74 Å². The number of rotatable bonds is 7. The van der Waals surface area contributed by atoms with Crippen LogP contribution in [0.2, 0.25) is 0 Å². The van der Waals surface area contributed by atoms with Crippen LogP contribution in [0, 0.1) is 12.8 Å². The molecule has 0 spiro atoms. The fourth-order valence-electron chi connectivity index (χ4n) is 3.76. The van der Waals surface area contributed by atoms with E-state index in [2.05, 4.69) is 29.3 Å². The summed E-state index contributed by atoms with van der Waals surface area (Å²) in [6.45, 7) is 8.38. The molecule has 1 unspecified atom stereocenters. The highest BCUT2D eigenvalue weighted by Crippen LogP contribution is 2.20. The number of amides is 2. The van der Waals surface area contributed by atoms with E-state index in [0.29, 0.717) is 5.92 Å². The standard InChI is InChI=1S/C22H33N3O2/c1-19-8-10-21(11-9-19)23-22(26)25(18-20-6-3-2-4-7-20)13-5-12-24-14-16-27-17-15-24/h2-3,8-11,20H,4-7,12-18H2,1H3,(H,23,26). The molecule has 0 aromatic heterocycles. The fourth-order valence-corrected chi connectivity index (χ4v) is 3.76. The first kappa shape index (κ1) is 19.9. The number of ether oxygens (including phenoxy) is 1. The van der Waals surface area contributed by atoms with Gasteiger partial charge in [0.25, 0.3) is 0 Å². The lowest BCUT2D eigenvalue weighted by Crippen LogP contribution is -2.42. The molecule has 1 fully saturated rings. The molecule has 148 valence electrons. The molecule has 1 aliphatic heterocycles.